The van der Waals surface area contributed by atoms with Crippen molar-refractivity contribution in [2.45, 2.75) is 32.5 Å². The van der Waals surface area contributed by atoms with Gasteiger partial charge in [-0.3, -0.25) is 9.59 Å². The Morgan fingerprint density at radius 3 is 2.56 bits per heavy atom. The lowest BCUT2D eigenvalue weighted by Gasteiger charge is -2.43. The number of nitrogens with one attached hydrogen (secondary N) is 2. The number of hydrogen-bond acceptors (Lipinski definition) is 7. The first-order chi connectivity index (χ1) is 21.5. The maximum absolute atomic E-state index is 16.4. The molecule has 0 saturated carbocycles. The first-order valence-corrected chi connectivity index (χ1v) is 14.6. The van der Waals surface area contributed by atoms with E-state index in [0.717, 1.165) is 6.07 Å². The van der Waals surface area contributed by atoms with E-state index in [9.17, 15) is 22.8 Å². The van der Waals surface area contributed by atoms with E-state index in [1.807, 2.05) is 11.8 Å². The quantitative estimate of drug-likeness (QED) is 0.244. The molecular formula is C32H34F4N6O3. The highest BCUT2D eigenvalue weighted by Gasteiger charge is 2.39. The Hall–Kier alpha value is -4.70. The highest BCUT2D eigenvalue weighted by molar-refractivity contribution is 6.02. The second kappa shape index (κ2) is 14.4. The van der Waals surface area contributed by atoms with Gasteiger partial charge in [-0.15, -0.1) is 0 Å². The number of nitrogens with zero attached hydrogens (tertiary/aromatic N) is 4. The fourth-order valence-corrected chi connectivity index (χ4v) is 5.38. The van der Waals surface area contributed by atoms with E-state index >= 15 is 4.39 Å². The van der Waals surface area contributed by atoms with Crippen LogP contribution in [-0.4, -0.2) is 74.1 Å². The third-order valence-corrected chi connectivity index (χ3v) is 7.59. The lowest BCUT2D eigenvalue weighted by Crippen LogP contribution is -2.55. The number of benzene rings is 2. The van der Waals surface area contributed by atoms with Gasteiger partial charge in [-0.1, -0.05) is 6.92 Å². The Balaban J connectivity index is 1.71. The van der Waals surface area contributed by atoms with E-state index in [-0.39, 0.29) is 48.7 Å². The van der Waals surface area contributed by atoms with Gasteiger partial charge in [0.15, 0.2) is 0 Å². The first-order valence-electron chi connectivity index (χ1n) is 14.6. The number of anilines is 1. The maximum atomic E-state index is 16.4. The molecule has 238 valence electrons. The van der Waals surface area contributed by atoms with Crippen LogP contribution in [0.2, 0.25) is 0 Å². The summed E-state index contributed by atoms with van der Waals surface area (Å²) < 4.78 is 63.5. The number of aromatic nitrogens is 1. The molecule has 4 rings (SSSR count). The number of carbonyl (C=O) groups is 2. The van der Waals surface area contributed by atoms with Crippen LogP contribution in [0.4, 0.5) is 23.2 Å². The van der Waals surface area contributed by atoms with Gasteiger partial charge in [0.25, 0.3) is 11.8 Å². The van der Waals surface area contributed by atoms with Crippen LogP contribution in [0, 0.1) is 17.1 Å². The van der Waals surface area contributed by atoms with E-state index in [1.165, 1.54) is 17.2 Å². The van der Waals surface area contributed by atoms with Crippen molar-refractivity contribution >= 4 is 17.5 Å². The maximum Gasteiger partial charge on any atom is 0.417 e. The Labute approximate surface area is 258 Å². The molecule has 1 aliphatic rings. The van der Waals surface area contributed by atoms with Crippen LogP contribution in [-0.2, 0) is 6.18 Å². The van der Waals surface area contributed by atoms with Crippen LogP contribution in [0.3, 0.4) is 0 Å². The average molecular weight is 627 g/mol. The molecule has 1 saturated heterocycles. The molecule has 1 aliphatic heterocycles. The number of amides is 2. The predicted octanol–water partition coefficient (Wildman–Crippen LogP) is 4.87. The third-order valence-electron chi connectivity index (χ3n) is 7.59. The van der Waals surface area contributed by atoms with Crippen LogP contribution in [0.1, 0.15) is 52.1 Å². The van der Waals surface area contributed by atoms with Gasteiger partial charge in [0.05, 0.1) is 40.6 Å². The van der Waals surface area contributed by atoms with Crippen molar-refractivity contribution in [2.24, 2.45) is 0 Å². The van der Waals surface area contributed by atoms with E-state index < -0.39 is 41.0 Å². The summed E-state index contributed by atoms with van der Waals surface area (Å²) >= 11 is 0. The zero-order valence-electron chi connectivity index (χ0n) is 25.2. The van der Waals surface area contributed by atoms with E-state index in [2.05, 4.69) is 15.6 Å². The molecule has 1 fully saturated rings. The van der Waals surface area contributed by atoms with Crippen molar-refractivity contribution in [3.63, 3.8) is 0 Å². The third kappa shape index (κ3) is 7.17. The van der Waals surface area contributed by atoms with Gasteiger partial charge in [-0.05, 0) is 62.9 Å². The predicted molar refractivity (Wildman–Crippen MR) is 161 cm³/mol. The number of halogens is 4. The Morgan fingerprint density at radius 2 is 1.89 bits per heavy atom. The van der Waals surface area contributed by atoms with Crippen LogP contribution in [0.25, 0.3) is 11.1 Å². The number of likely N-dealkylation sites (N-methyl/N-ethyl adjacent to an activating group) is 1. The van der Waals surface area contributed by atoms with Crippen molar-refractivity contribution in [2.75, 3.05) is 51.3 Å². The molecule has 0 radical (unpaired) electrons. The van der Waals surface area contributed by atoms with Gasteiger partial charge in [0, 0.05) is 56.1 Å². The zero-order chi connectivity index (χ0) is 32.7. The van der Waals surface area contributed by atoms with Crippen LogP contribution in [0.5, 0.6) is 5.88 Å². The molecule has 3 aromatic rings. The second-order valence-corrected chi connectivity index (χ2v) is 10.3. The fourth-order valence-electron chi connectivity index (χ4n) is 5.38. The number of pyridine rings is 1. The lowest BCUT2D eigenvalue weighted by atomic mass is 9.97. The number of piperazine rings is 1. The molecule has 9 nitrogen and oxygen atoms in total. The molecule has 13 heteroatoms. The molecule has 2 N–H and O–H groups in total. The van der Waals surface area contributed by atoms with E-state index in [1.54, 1.807) is 44.3 Å². The summed E-state index contributed by atoms with van der Waals surface area (Å²) in [6.45, 7) is 4.80. The van der Waals surface area contributed by atoms with Crippen molar-refractivity contribution in [3.8, 4) is 23.1 Å². The lowest BCUT2D eigenvalue weighted by molar-refractivity contribution is -0.138. The van der Waals surface area contributed by atoms with Crippen molar-refractivity contribution in [3.05, 3.63) is 76.7 Å². The molecule has 0 bridgehead atoms. The van der Waals surface area contributed by atoms with E-state index in [0.29, 0.717) is 36.9 Å². The fraction of sp³-hybridized carbons (Fsp3) is 0.375. The molecule has 0 unspecified atom stereocenters. The van der Waals surface area contributed by atoms with Gasteiger partial charge in [-0.25, -0.2) is 9.37 Å². The second-order valence-electron chi connectivity index (χ2n) is 10.3. The van der Waals surface area contributed by atoms with E-state index in [4.69, 9.17) is 10.00 Å². The minimum absolute atomic E-state index is 0.0217. The molecule has 2 heterocycles. The summed E-state index contributed by atoms with van der Waals surface area (Å²) in [6.07, 6.45) is -2.87. The zero-order valence-corrected chi connectivity index (χ0v) is 25.2. The molecule has 0 spiro atoms. The highest BCUT2D eigenvalue weighted by Crippen LogP contribution is 2.38. The van der Waals surface area contributed by atoms with Crippen molar-refractivity contribution < 1.29 is 31.9 Å². The number of hydrogen-bond donors (Lipinski definition) is 2. The van der Waals surface area contributed by atoms with Crippen molar-refractivity contribution in [1.29, 1.82) is 5.26 Å². The van der Waals surface area contributed by atoms with Crippen LogP contribution >= 0.6 is 0 Å². The molecule has 1 atom stereocenters. The summed E-state index contributed by atoms with van der Waals surface area (Å²) in [5.74, 6) is -2.02. The summed E-state index contributed by atoms with van der Waals surface area (Å²) in [7, 11) is 1.72. The SMILES string of the molecule is CCOc1ncccc1-c1ccc(N2CCN(C(=O)c3ccc(C#N)cc3C(F)(F)F)C[C@H]2CC)c(C(=O)NCCNC)c1F. The number of nitriles is 1. The summed E-state index contributed by atoms with van der Waals surface area (Å²) in [4.78, 5) is 34.2. The monoisotopic (exact) mass is 626 g/mol. The Kier molecular flexibility index (Phi) is 10.6. The molecule has 0 aliphatic carbocycles. The minimum atomic E-state index is -4.84. The number of alkyl halides is 3. The minimum Gasteiger partial charge on any atom is -0.478 e. The standard InChI is InChI=1S/C32H34F4N6O3/c1-4-21-19-41(31(44)24-9-8-20(18-37)17-25(24)32(34,35)36)15-16-42(21)26-11-10-22(23-7-6-12-40-30(23)45-5-2)28(33)27(26)29(43)39-14-13-38-3/h6-12,17,21,38H,4-5,13-16,19H2,1-3H3,(H,39,43)/t21-/m1/s1. The molecule has 2 aromatic carbocycles. The normalized spacial score (nSPS) is 15.0. The average Bonchev–Trinajstić information content (AvgIpc) is 3.03. The smallest absolute Gasteiger partial charge is 0.417 e. The Bertz CT molecular complexity index is 1590. The van der Waals surface area contributed by atoms with Crippen molar-refractivity contribution in [1.82, 2.24) is 20.5 Å². The molecular weight excluding hydrogens is 592 g/mol. The Morgan fingerprint density at radius 1 is 1.11 bits per heavy atom. The largest absolute Gasteiger partial charge is 0.478 e. The summed E-state index contributed by atoms with van der Waals surface area (Å²) in [5.41, 5.74) is -1.34. The first kappa shape index (κ1) is 33.2. The molecule has 1 aromatic heterocycles. The van der Waals surface area contributed by atoms with Gasteiger partial charge in [-0.2, -0.15) is 18.4 Å². The van der Waals surface area contributed by atoms with Gasteiger partial charge < -0.3 is 25.2 Å². The summed E-state index contributed by atoms with van der Waals surface area (Å²) in [5, 5.41) is 14.7. The number of ether oxygens (including phenoxy) is 1. The highest BCUT2D eigenvalue weighted by atomic mass is 19.4. The molecule has 2 amide bonds. The summed E-state index contributed by atoms with van der Waals surface area (Å²) in [6, 6.07) is 10.6. The topological polar surface area (TPSA) is 111 Å². The van der Waals surface area contributed by atoms with Crippen LogP contribution < -0.4 is 20.3 Å². The van der Waals surface area contributed by atoms with Crippen LogP contribution in [0.15, 0.2) is 48.7 Å². The number of rotatable bonds is 10. The van der Waals surface area contributed by atoms with Gasteiger partial charge in [0.1, 0.15) is 5.82 Å². The molecule has 45 heavy (non-hydrogen) atoms. The van der Waals surface area contributed by atoms with Gasteiger partial charge in [0.2, 0.25) is 5.88 Å². The van der Waals surface area contributed by atoms with Gasteiger partial charge >= 0.3 is 6.18 Å². The number of carbonyl (C=O) groups excluding carboxylic acids is 2.